The second kappa shape index (κ2) is 5.26. The topological polar surface area (TPSA) is 62.6 Å². The van der Waals surface area contributed by atoms with Crippen LogP contribution in [-0.4, -0.2) is 52.9 Å². The van der Waals surface area contributed by atoms with Crippen LogP contribution in [0.15, 0.2) is 16.9 Å². The lowest BCUT2D eigenvalue weighted by molar-refractivity contribution is -0.137. The van der Waals surface area contributed by atoms with Crippen molar-refractivity contribution >= 4 is 11.8 Å². The number of piperidine rings is 1. The van der Waals surface area contributed by atoms with E-state index in [1.165, 1.54) is 4.57 Å². The summed E-state index contributed by atoms with van der Waals surface area (Å²) in [6.45, 7) is 3.56. The van der Waals surface area contributed by atoms with E-state index in [0.717, 1.165) is 18.7 Å². The van der Waals surface area contributed by atoms with E-state index >= 15 is 0 Å². The van der Waals surface area contributed by atoms with E-state index < -0.39 is 0 Å². The molecule has 0 aromatic carbocycles. The highest BCUT2D eigenvalue weighted by molar-refractivity contribution is 5.95. The van der Waals surface area contributed by atoms with Crippen molar-refractivity contribution in [1.29, 1.82) is 0 Å². The minimum Gasteiger partial charge on any atom is -0.345 e. The normalized spacial score (nSPS) is 24.6. The fraction of sp³-hybridized carbons (Fsp3) is 0.562. The van der Waals surface area contributed by atoms with E-state index in [4.69, 9.17) is 0 Å². The molecule has 6 heteroatoms. The van der Waals surface area contributed by atoms with Crippen LogP contribution in [0.25, 0.3) is 0 Å². The van der Waals surface area contributed by atoms with Crippen molar-refractivity contribution in [3.63, 3.8) is 0 Å². The van der Waals surface area contributed by atoms with Gasteiger partial charge in [-0.3, -0.25) is 14.4 Å². The summed E-state index contributed by atoms with van der Waals surface area (Å²) >= 11 is 0. The molecule has 0 N–H and O–H groups in total. The Morgan fingerprint density at radius 1 is 1.18 bits per heavy atom. The van der Waals surface area contributed by atoms with E-state index in [0.29, 0.717) is 13.1 Å². The second-order valence-electron chi connectivity index (χ2n) is 6.38. The van der Waals surface area contributed by atoms with Gasteiger partial charge in [0.25, 0.3) is 11.5 Å². The highest BCUT2D eigenvalue weighted by Gasteiger charge is 2.43. The largest absolute Gasteiger partial charge is 0.345 e. The number of aromatic nitrogens is 1. The lowest BCUT2D eigenvalue weighted by atomic mass is 9.88. The van der Waals surface area contributed by atoms with Crippen LogP contribution in [-0.2, 0) is 11.8 Å². The number of hydrogen-bond acceptors (Lipinski definition) is 3. The van der Waals surface area contributed by atoms with Gasteiger partial charge in [0, 0.05) is 39.4 Å². The quantitative estimate of drug-likeness (QED) is 0.747. The Kier molecular flexibility index (Phi) is 3.54. The van der Waals surface area contributed by atoms with Crippen LogP contribution in [0.1, 0.15) is 22.5 Å². The monoisotopic (exact) mass is 303 g/mol. The molecule has 2 aliphatic heterocycles. The molecular formula is C16H21N3O3. The van der Waals surface area contributed by atoms with E-state index in [-0.39, 0.29) is 34.8 Å². The Morgan fingerprint density at radius 3 is 2.64 bits per heavy atom. The van der Waals surface area contributed by atoms with E-state index in [1.54, 1.807) is 36.0 Å². The number of pyridine rings is 1. The number of likely N-dealkylation sites (tertiary alicyclic amines) is 2. The smallest absolute Gasteiger partial charge is 0.263 e. The number of carbonyl (C=O) groups is 2. The minimum atomic E-state index is -0.275. The Hall–Kier alpha value is -2.11. The van der Waals surface area contributed by atoms with E-state index in [9.17, 15) is 14.4 Å². The van der Waals surface area contributed by atoms with Crippen molar-refractivity contribution in [3.8, 4) is 0 Å². The minimum absolute atomic E-state index is 0.114. The molecule has 22 heavy (non-hydrogen) atoms. The van der Waals surface area contributed by atoms with Crippen molar-refractivity contribution in [2.45, 2.75) is 13.3 Å². The molecule has 3 heterocycles. The fourth-order valence-corrected chi connectivity index (χ4v) is 3.42. The predicted octanol–water partition coefficient (Wildman–Crippen LogP) is 0.244. The summed E-state index contributed by atoms with van der Waals surface area (Å²) in [5, 5.41) is 0. The summed E-state index contributed by atoms with van der Waals surface area (Å²) in [5.74, 6) is -0.0345. The summed E-state index contributed by atoms with van der Waals surface area (Å²) < 4.78 is 1.48. The number of fused-ring (bicyclic) bond motifs is 1. The van der Waals surface area contributed by atoms with Gasteiger partial charge in [-0.25, -0.2) is 0 Å². The Labute approximate surface area is 129 Å². The number of amides is 2. The van der Waals surface area contributed by atoms with Gasteiger partial charge in [-0.1, -0.05) is 0 Å². The molecule has 2 amide bonds. The van der Waals surface area contributed by atoms with Crippen LogP contribution in [0.5, 0.6) is 0 Å². The molecule has 0 spiro atoms. The van der Waals surface area contributed by atoms with Crippen molar-refractivity contribution in [2.75, 3.05) is 26.7 Å². The molecule has 2 atom stereocenters. The number of hydrogen-bond donors (Lipinski definition) is 0. The maximum atomic E-state index is 12.7. The van der Waals surface area contributed by atoms with Crippen molar-refractivity contribution in [1.82, 2.24) is 14.4 Å². The molecule has 2 aliphatic rings. The average molecular weight is 303 g/mol. The fourth-order valence-electron chi connectivity index (χ4n) is 3.42. The van der Waals surface area contributed by atoms with E-state index in [2.05, 4.69) is 0 Å². The molecule has 3 rings (SSSR count). The van der Waals surface area contributed by atoms with Crippen LogP contribution in [0.3, 0.4) is 0 Å². The van der Waals surface area contributed by atoms with Crippen LogP contribution >= 0.6 is 0 Å². The van der Waals surface area contributed by atoms with Gasteiger partial charge in [-0.05, 0) is 31.4 Å². The third kappa shape index (κ3) is 2.23. The van der Waals surface area contributed by atoms with Crippen LogP contribution < -0.4 is 5.56 Å². The molecule has 0 radical (unpaired) electrons. The van der Waals surface area contributed by atoms with E-state index in [1.807, 2.05) is 6.92 Å². The van der Waals surface area contributed by atoms with Crippen LogP contribution in [0.4, 0.5) is 0 Å². The van der Waals surface area contributed by atoms with Gasteiger partial charge < -0.3 is 14.4 Å². The molecule has 0 bridgehead atoms. The highest BCUT2D eigenvalue weighted by atomic mass is 16.2. The molecule has 1 aromatic heterocycles. The molecule has 0 aliphatic carbocycles. The molecular weight excluding hydrogens is 282 g/mol. The van der Waals surface area contributed by atoms with Gasteiger partial charge in [-0.15, -0.1) is 0 Å². The predicted molar refractivity (Wildman–Crippen MR) is 81.6 cm³/mol. The standard InChI is InChI=1S/C16H21N3O3/c1-10-4-5-12(15(21)18(10)3)16(22)19-8-11-6-7-17(2)14(20)13(11)9-19/h4-5,11,13H,6-9H2,1-3H3/t11-,13+/m1/s1. The number of carbonyl (C=O) groups excluding carboxylic acids is 2. The SMILES string of the molecule is Cc1ccc(C(=O)N2C[C@H]3CCN(C)C(=O)[C@H]3C2)c(=O)n1C. The molecule has 0 saturated carbocycles. The Morgan fingerprint density at radius 2 is 1.91 bits per heavy atom. The van der Waals surface area contributed by atoms with Crippen molar-refractivity contribution < 1.29 is 9.59 Å². The molecule has 2 saturated heterocycles. The van der Waals surface area contributed by atoms with Gasteiger partial charge in [0.05, 0.1) is 5.92 Å². The summed E-state index contributed by atoms with van der Waals surface area (Å²) in [6, 6.07) is 3.37. The summed E-state index contributed by atoms with van der Waals surface area (Å²) in [4.78, 5) is 40.5. The summed E-state index contributed by atoms with van der Waals surface area (Å²) in [7, 11) is 3.47. The Bertz CT molecular complexity index is 694. The number of aryl methyl sites for hydroxylation is 1. The number of rotatable bonds is 1. The van der Waals surface area contributed by atoms with Gasteiger partial charge in [0.2, 0.25) is 5.91 Å². The summed E-state index contributed by atoms with van der Waals surface area (Å²) in [5.41, 5.74) is 0.726. The van der Waals surface area contributed by atoms with Gasteiger partial charge >= 0.3 is 0 Å². The molecule has 1 aromatic rings. The Balaban J connectivity index is 1.85. The van der Waals surface area contributed by atoms with Gasteiger partial charge in [0.1, 0.15) is 5.56 Å². The molecule has 6 nitrogen and oxygen atoms in total. The zero-order chi connectivity index (χ0) is 16.0. The average Bonchev–Trinajstić information content (AvgIpc) is 2.93. The highest BCUT2D eigenvalue weighted by Crippen LogP contribution is 2.32. The first kappa shape index (κ1) is 14.8. The zero-order valence-corrected chi connectivity index (χ0v) is 13.2. The van der Waals surface area contributed by atoms with Crippen molar-refractivity contribution in [2.24, 2.45) is 18.9 Å². The summed E-state index contributed by atoms with van der Waals surface area (Å²) in [6.07, 6.45) is 0.919. The third-order valence-corrected chi connectivity index (χ3v) is 5.04. The van der Waals surface area contributed by atoms with Gasteiger partial charge in [0.15, 0.2) is 0 Å². The van der Waals surface area contributed by atoms with Crippen molar-refractivity contribution in [3.05, 3.63) is 33.7 Å². The maximum Gasteiger partial charge on any atom is 0.263 e. The first-order valence-electron chi connectivity index (χ1n) is 7.61. The maximum absolute atomic E-state index is 12.7. The first-order valence-corrected chi connectivity index (χ1v) is 7.61. The number of nitrogens with zero attached hydrogens (tertiary/aromatic N) is 3. The second-order valence-corrected chi connectivity index (χ2v) is 6.38. The van der Waals surface area contributed by atoms with Crippen LogP contribution in [0, 0.1) is 18.8 Å². The lowest BCUT2D eigenvalue weighted by Gasteiger charge is -2.30. The zero-order valence-electron chi connectivity index (χ0n) is 13.2. The molecule has 2 fully saturated rings. The van der Waals surface area contributed by atoms with Gasteiger partial charge in [-0.2, -0.15) is 0 Å². The lowest BCUT2D eigenvalue weighted by Crippen LogP contribution is -2.42. The molecule has 0 unspecified atom stereocenters. The first-order chi connectivity index (χ1) is 10.4. The van der Waals surface area contributed by atoms with Crippen LogP contribution in [0.2, 0.25) is 0 Å². The molecule has 118 valence electrons. The third-order valence-electron chi connectivity index (χ3n) is 5.04.